The van der Waals surface area contributed by atoms with E-state index in [1.807, 2.05) is 56.3 Å². The molecule has 0 aliphatic rings. The highest BCUT2D eigenvalue weighted by Gasteiger charge is 2.13. The van der Waals surface area contributed by atoms with Crippen LogP contribution in [0.3, 0.4) is 0 Å². The molecular weight excluding hydrogens is 316 g/mol. The van der Waals surface area contributed by atoms with Crippen molar-refractivity contribution in [3.05, 3.63) is 59.8 Å². The lowest BCUT2D eigenvalue weighted by molar-refractivity contribution is 0.0594. The number of aryl methyl sites for hydroxylation is 1. The molecule has 3 aromatic rings. The van der Waals surface area contributed by atoms with Gasteiger partial charge in [0.2, 0.25) is 0 Å². The molecule has 3 rings (SSSR count). The average Bonchev–Trinajstić information content (AvgIpc) is 2.61. The number of anilines is 2. The van der Waals surface area contributed by atoms with Gasteiger partial charge < -0.3 is 14.8 Å². The van der Waals surface area contributed by atoms with Gasteiger partial charge in [-0.05, 0) is 55.8 Å². The molecule has 0 saturated carbocycles. The standard InChI is InChI=1S/C20H20N2O3/c1-4-25-15-8-9-17-16(11-15)18(12-19(22-17)20(23)24-3)21-14-7-5-6-13(2)10-14/h5-12H,4H2,1-3H3,(H,21,22). The monoisotopic (exact) mass is 336 g/mol. The number of esters is 1. The van der Waals surface area contributed by atoms with Crippen molar-refractivity contribution in [1.82, 2.24) is 4.98 Å². The normalized spacial score (nSPS) is 10.5. The number of pyridine rings is 1. The number of carbonyl (C=O) groups is 1. The summed E-state index contributed by atoms with van der Waals surface area (Å²) in [6, 6.07) is 15.3. The number of hydrogen-bond donors (Lipinski definition) is 1. The molecular formula is C20H20N2O3. The topological polar surface area (TPSA) is 60.5 Å². The number of nitrogens with one attached hydrogen (secondary N) is 1. The third kappa shape index (κ3) is 3.71. The molecule has 0 bridgehead atoms. The largest absolute Gasteiger partial charge is 0.494 e. The maximum atomic E-state index is 11.9. The van der Waals surface area contributed by atoms with E-state index in [9.17, 15) is 4.79 Å². The van der Waals surface area contributed by atoms with Gasteiger partial charge in [-0.3, -0.25) is 0 Å². The fraction of sp³-hybridized carbons (Fsp3) is 0.200. The van der Waals surface area contributed by atoms with Gasteiger partial charge in [0, 0.05) is 11.1 Å². The molecule has 0 spiro atoms. The third-order valence-corrected chi connectivity index (χ3v) is 3.78. The molecule has 5 heteroatoms. The fourth-order valence-electron chi connectivity index (χ4n) is 2.65. The van der Waals surface area contributed by atoms with Gasteiger partial charge >= 0.3 is 5.97 Å². The third-order valence-electron chi connectivity index (χ3n) is 3.78. The minimum absolute atomic E-state index is 0.259. The maximum Gasteiger partial charge on any atom is 0.356 e. The summed E-state index contributed by atoms with van der Waals surface area (Å²) in [5, 5.41) is 4.25. The second-order valence-electron chi connectivity index (χ2n) is 5.65. The van der Waals surface area contributed by atoms with E-state index in [0.717, 1.165) is 28.1 Å². The van der Waals surface area contributed by atoms with Crippen LogP contribution in [0, 0.1) is 6.92 Å². The lowest BCUT2D eigenvalue weighted by Gasteiger charge is -2.13. The van der Waals surface area contributed by atoms with Crippen molar-refractivity contribution in [2.75, 3.05) is 19.0 Å². The highest BCUT2D eigenvalue weighted by Crippen LogP contribution is 2.30. The number of carbonyl (C=O) groups excluding carboxylic acids is 1. The number of fused-ring (bicyclic) bond motifs is 1. The van der Waals surface area contributed by atoms with Crippen molar-refractivity contribution in [3.63, 3.8) is 0 Å². The summed E-state index contributed by atoms with van der Waals surface area (Å²) in [6.07, 6.45) is 0. The zero-order valence-electron chi connectivity index (χ0n) is 14.5. The molecule has 1 heterocycles. The Morgan fingerprint density at radius 2 is 2.00 bits per heavy atom. The van der Waals surface area contributed by atoms with Gasteiger partial charge in [0.05, 0.1) is 24.9 Å². The minimum atomic E-state index is -0.469. The zero-order chi connectivity index (χ0) is 17.8. The van der Waals surface area contributed by atoms with Gasteiger partial charge in [-0.1, -0.05) is 12.1 Å². The summed E-state index contributed by atoms with van der Waals surface area (Å²) in [4.78, 5) is 16.3. The van der Waals surface area contributed by atoms with Gasteiger partial charge in [0.15, 0.2) is 5.69 Å². The summed E-state index contributed by atoms with van der Waals surface area (Å²) in [7, 11) is 1.35. The van der Waals surface area contributed by atoms with Crippen molar-refractivity contribution in [1.29, 1.82) is 0 Å². The smallest absolute Gasteiger partial charge is 0.356 e. The van der Waals surface area contributed by atoms with E-state index in [4.69, 9.17) is 9.47 Å². The number of nitrogens with zero attached hydrogens (tertiary/aromatic N) is 1. The van der Waals surface area contributed by atoms with Crippen molar-refractivity contribution in [2.45, 2.75) is 13.8 Å². The van der Waals surface area contributed by atoms with E-state index < -0.39 is 5.97 Å². The van der Waals surface area contributed by atoms with Crippen LogP contribution in [-0.2, 0) is 4.74 Å². The number of methoxy groups -OCH3 is 1. The van der Waals surface area contributed by atoms with E-state index in [0.29, 0.717) is 12.1 Å². The molecule has 25 heavy (non-hydrogen) atoms. The zero-order valence-corrected chi connectivity index (χ0v) is 14.5. The van der Waals surface area contributed by atoms with Crippen LogP contribution in [0.1, 0.15) is 23.0 Å². The van der Waals surface area contributed by atoms with Gasteiger partial charge in [0.25, 0.3) is 0 Å². The van der Waals surface area contributed by atoms with Crippen LogP contribution in [0.2, 0.25) is 0 Å². The summed E-state index contributed by atoms with van der Waals surface area (Å²) in [5.74, 6) is 0.290. The molecule has 0 amide bonds. The number of aromatic nitrogens is 1. The summed E-state index contributed by atoms with van der Waals surface area (Å²) < 4.78 is 10.4. The molecule has 5 nitrogen and oxygen atoms in total. The predicted octanol–water partition coefficient (Wildman–Crippen LogP) is 4.47. The second-order valence-corrected chi connectivity index (χ2v) is 5.65. The molecule has 0 radical (unpaired) electrons. The van der Waals surface area contributed by atoms with Gasteiger partial charge in [0.1, 0.15) is 5.75 Å². The van der Waals surface area contributed by atoms with Crippen molar-refractivity contribution >= 4 is 28.2 Å². The predicted molar refractivity (Wildman–Crippen MR) is 98.7 cm³/mol. The molecule has 0 fully saturated rings. The molecule has 0 aliphatic carbocycles. The van der Waals surface area contributed by atoms with Crippen LogP contribution in [0.5, 0.6) is 5.75 Å². The highest BCUT2D eigenvalue weighted by molar-refractivity contribution is 5.99. The van der Waals surface area contributed by atoms with Crippen LogP contribution in [0.15, 0.2) is 48.5 Å². The molecule has 0 unspecified atom stereocenters. The lowest BCUT2D eigenvalue weighted by atomic mass is 10.1. The second kappa shape index (κ2) is 7.21. The fourth-order valence-corrected chi connectivity index (χ4v) is 2.65. The van der Waals surface area contributed by atoms with Gasteiger partial charge in [-0.2, -0.15) is 0 Å². The van der Waals surface area contributed by atoms with Crippen molar-refractivity contribution in [2.24, 2.45) is 0 Å². The summed E-state index contributed by atoms with van der Waals surface area (Å²) >= 11 is 0. The number of ether oxygens (including phenoxy) is 2. The first kappa shape index (κ1) is 16.8. The number of rotatable bonds is 5. The first-order chi connectivity index (χ1) is 12.1. The molecule has 0 aliphatic heterocycles. The molecule has 1 aromatic heterocycles. The Balaban J connectivity index is 2.13. The van der Waals surface area contributed by atoms with E-state index in [2.05, 4.69) is 10.3 Å². The number of benzene rings is 2. The highest BCUT2D eigenvalue weighted by atomic mass is 16.5. The van der Waals surface area contributed by atoms with Crippen LogP contribution >= 0.6 is 0 Å². The molecule has 128 valence electrons. The number of hydrogen-bond acceptors (Lipinski definition) is 5. The Bertz CT molecular complexity index is 922. The van der Waals surface area contributed by atoms with E-state index in [1.165, 1.54) is 7.11 Å². The summed E-state index contributed by atoms with van der Waals surface area (Å²) in [6.45, 7) is 4.55. The minimum Gasteiger partial charge on any atom is -0.494 e. The maximum absolute atomic E-state index is 11.9. The van der Waals surface area contributed by atoms with Gasteiger partial charge in [-0.25, -0.2) is 9.78 Å². The molecule has 1 N–H and O–H groups in total. The quantitative estimate of drug-likeness (QED) is 0.697. The molecule has 2 aromatic carbocycles. The Kier molecular flexibility index (Phi) is 4.84. The van der Waals surface area contributed by atoms with E-state index in [-0.39, 0.29) is 5.69 Å². The Hall–Kier alpha value is -3.08. The first-order valence-corrected chi connectivity index (χ1v) is 8.10. The SMILES string of the molecule is CCOc1ccc2nc(C(=O)OC)cc(Nc3cccc(C)c3)c2c1. The van der Waals surface area contributed by atoms with Crippen LogP contribution in [0.25, 0.3) is 10.9 Å². The van der Waals surface area contributed by atoms with Gasteiger partial charge in [-0.15, -0.1) is 0 Å². The Morgan fingerprint density at radius 3 is 2.72 bits per heavy atom. The molecule has 0 atom stereocenters. The van der Waals surface area contributed by atoms with Crippen LogP contribution in [-0.4, -0.2) is 24.7 Å². The molecule has 0 saturated heterocycles. The Morgan fingerprint density at radius 1 is 1.16 bits per heavy atom. The van der Waals surface area contributed by atoms with Crippen molar-refractivity contribution < 1.29 is 14.3 Å². The van der Waals surface area contributed by atoms with Crippen LogP contribution in [0.4, 0.5) is 11.4 Å². The first-order valence-electron chi connectivity index (χ1n) is 8.10. The Labute approximate surface area is 146 Å². The average molecular weight is 336 g/mol. The summed E-state index contributed by atoms with van der Waals surface area (Å²) in [5.41, 5.74) is 3.81. The van der Waals surface area contributed by atoms with E-state index >= 15 is 0 Å². The lowest BCUT2D eigenvalue weighted by Crippen LogP contribution is -2.06. The van der Waals surface area contributed by atoms with Crippen molar-refractivity contribution in [3.8, 4) is 5.75 Å². The van der Waals surface area contributed by atoms with E-state index in [1.54, 1.807) is 6.07 Å². The van der Waals surface area contributed by atoms with Crippen LogP contribution < -0.4 is 10.1 Å².